The van der Waals surface area contributed by atoms with Crippen molar-refractivity contribution >= 4 is 17.4 Å². The van der Waals surface area contributed by atoms with E-state index in [-0.39, 0.29) is 5.91 Å². The number of rotatable bonds is 3. The van der Waals surface area contributed by atoms with Gasteiger partial charge in [-0.15, -0.1) is 5.10 Å². The van der Waals surface area contributed by atoms with Gasteiger partial charge in [-0.05, 0) is 29.3 Å². The lowest BCUT2D eigenvalue weighted by Crippen LogP contribution is -2.46. The smallest absolute Gasteiger partial charge is 0.253 e. The van der Waals surface area contributed by atoms with Crippen molar-refractivity contribution in [1.82, 2.24) is 29.8 Å². The average Bonchev–Trinajstić information content (AvgIpc) is 3.18. The highest BCUT2D eigenvalue weighted by atomic mass is 16.2. The molecule has 3 N–H and O–H groups in total. The van der Waals surface area contributed by atoms with Crippen molar-refractivity contribution in [2.45, 2.75) is 0 Å². The molecule has 5 rings (SSSR count). The summed E-state index contributed by atoms with van der Waals surface area (Å²) in [5.74, 6) is 0.500. The number of amides is 1. The number of pyridine rings is 1. The Balaban J connectivity index is 1.48. The number of nitrogens with two attached hydrogens (primary N) is 1. The molecule has 4 aromatic rings. The molecule has 30 heavy (non-hydrogen) atoms. The molecule has 1 fully saturated rings. The normalized spacial score (nSPS) is 14.2. The lowest BCUT2D eigenvalue weighted by atomic mass is 9.97. The van der Waals surface area contributed by atoms with Crippen LogP contribution in [0.2, 0.25) is 0 Å². The standard InChI is InChI=1S/C22H21N7O/c23-20-11-21-26-12-17(14-29(21)27-20)19-13-25-6-5-18(19)15-1-3-16(4-2-15)22(30)28-9-7-24-8-10-28/h1-6,11-14,24H,7-10H2,(H2,23,27). The quantitative estimate of drug-likeness (QED) is 0.547. The zero-order chi connectivity index (χ0) is 20.5. The second-order valence-corrected chi connectivity index (χ2v) is 7.26. The summed E-state index contributed by atoms with van der Waals surface area (Å²) in [6.07, 6.45) is 7.25. The maximum absolute atomic E-state index is 12.7. The molecule has 0 spiro atoms. The summed E-state index contributed by atoms with van der Waals surface area (Å²) in [6, 6.07) is 11.4. The number of anilines is 1. The molecule has 4 heterocycles. The molecule has 0 radical (unpaired) electrons. The molecule has 3 aromatic heterocycles. The van der Waals surface area contributed by atoms with Crippen molar-refractivity contribution in [3.8, 4) is 22.3 Å². The van der Waals surface area contributed by atoms with Crippen LogP contribution in [0.15, 0.2) is 61.2 Å². The van der Waals surface area contributed by atoms with Crippen molar-refractivity contribution in [2.24, 2.45) is 0 Å². The van der Waals surface area contributed by atoms with Gasteiger partial charge in [0.2, 0.25) is 0 Å². The van der Waals surface area contributed by atoms with E-state index in [9.17, 15) is 4.79 Å². The lowest BCUT2D eigenvalue weighted by molar-refractivity contribution is 0.0736. The maximum Gasteiger partial charge on any atom is 0.253 e. The van der Waals surface area contributed by atoms with Gasteiger partial charge >= 0.3 is 0 Å². The van der Waals surface area contributed by atoms with Crippen molar-refractivity contribution < 1.29 is 4.79 Å². The van der Waals surface area contributed by atoms with E-state index >= 15 is 0 Å². The first kappa shape index (κ1) is 18.3. The molecule has 8 nitrogen and oxygen atoms in total. The Morgan fingerprint density at radius 3 is 2.60 bits per heavy atom. The third kappa shape index (κ3) is 3.37. The minimum absolute atomic E-state index is 0.0731. The van der Waals surface area contributed by atoms with Gasteiger partial charge < -0.3 is 16.0 Å². The molecule has 0 atom stereocenters. The summed E-state index contributed by atoms with van der Waals surface area (Å²) in [7, 11) is 0. The molecule has 150 valence electrons. The van der Waals surface area contributed by atoms with Crippen LogP contribution < -0.4 is 11.1 Å². The third-order valence-electron chi connectivity index (χ3n) is 5.31. The largest absolute Gasteiger partial charge is 0.382 e. The van der Waals surface area contributed by atoms with Crippen LogP contribution in [-0.4, -0.2) is 56.6 Å². The van der Waals surface area contributed by atoms with E-state index in [1.165, 1.54) is 0 Å². The van der Waals surface area contributed by atoms with Crippen LogP contribution >= 0.6 is 0 Å². The Labute approximate surface area is 173 Å². The van der Waals surface area contributed by atoms with Crippen LogP contribution in [-0.2, 0) is 0 Å². The van der Waals surface area contributed by atoms with Crippen molar-refractivity contribution in [1.29, 1.82) is 0 Å². The van der Waals surface area contributed by atoms with Crippen molar-refractivity contribution in [2.75, 3.05) is 31.9 Å². The molecule has 0 saturated carbocycles. The van der Waals surface area contributed by atoms with E-state index in [4.69, 9.17) is 5.73 Å². The molecule has 8 heteroatoms. The Hall–Kier alpha value is -3.78. The molecule has 1 saturated heterocycles. The van der Waals surface area contributed by atoms with Crippen molar-refractivity contribution in [3.63, 3.8) is 0 Å². The number of piperazine rings is 1. The highest BCUT2D eigenvalue weighted by Crippen LogP contribution is 2.31. The first-order valence-electron chi connectivity index (χ1n) is 9.85. The number of aromatic nitrogens is 4. The summed E-state index contributed by atoms with van der Waals surface area (Å²) in [5, 5.41) is 7.51. The molecule has 0 unspecified atom stereocenters. The van der Waals surface area contributed by atoms with E-state index in [0.717, 1.165) is 48.4 Å². The summed E-state index contributed by atoms with van der Waals surface area (Å²) in [5.41, 5.74) is 11.0. The van der Waals surface area contributed by atoms with Gasteiger partial charge in [-0.3, -0.25) is 9.78 Å². The minimum Gasteiger partial charge on any atom is -0.382 e. The average molecular weight is 399 g/mol. The predicted octanol–water partition coefficient (Wildman–Crippen LogP) is 2.09. The summed E-state index contributed by atoms with van der Waals surface area (Å²) in [6.45, 7) is 3.15. The zero-order valence-corrected chi connectivity index (χ0v) is 16.3. The molecule has 0 aliphatic carbocycles. The maximum atomic E-state index is 12.7. The number of nitrogens with zero attached hydrogens (tertiary/aromatic N) is 5. The lowest BCUT2D eigenvalue weighted by Gasteiger charge is -2.27. The van der Waals surface area contributed by atoms with E-state index in [1.807, 2.05) is 47.6 Å². The molecule has 1 amide bonds. The summed E-state index contributed by atoms with van der Waals surface area (Å²) in [4.78, 5) is 23.3. The predicted molar refractivity (Wildman–Crippen MR) is 115 cm³/mol. The zero-order valence-electron chi connectivity index (χ0n) is 16.3. The minimum atomic E-state index is 0.0731. The van der Waals surface area contributed by atoms with Crippen molar-refractivity contribution in [3.05, 3.63) is 66.7 Å². The number of nitrogen functional groups attached to an aromatic ring is 1. The van der Waals surface area contributed by atoms with Crippen LogP contribution in [0, 0.1) is 0 Å². The summed E-state index contributed by atoms with van der Waals surface area (Å²) >= 11 is 0. The van der Waals surface area contributed by atoms with E-state index in [2.05, 4.69) is 20.4 Å². The van der Waals surface area contributed by atoms with Gasteiger partial charge in [0.05, 0.1) is 0 Å². The highest BCUT2D eigenvalue weighted by molar-refractivity contribution is 5.95. The molecular weight excluding hydrogens is 378 g/mol. The Morgan fingerprint density at radius 2 is 1.80 bits per heavy atom. The molecular formula is C22H21N7O. The van der Waals surface area contributed by atoms with Crippen LogP contribution in [0.5, 0.6) is 0 Å². The second-order valence-electron chi connectivity index (χ2n) is 7.26. The van der Waals surface area contributed by atoms with Crippen LogP contribution in [0.25, 0.3) is 27.9 Å². The van der Waals surface area contributed by atoms with Gasteiger partial charge in [0, 0.05) is 73.7 Å². The van der Waals surface area contributed by atoms with Gasteiger partial charge in [0.25, 0.3) is 5.91 Å². The number of hydrogen-bond donors (Lipinski definition) is 2. The van der Waals surface area contributed by atoms with E-state index in [1.54, 1.807) is 23.0 Å². The van der Waals surface area contributed by atoms with Gasteiger partial charge in [-0.1, -0.05) is 12.1 Å². The monoisotopic (exact) mass is 399 g/mol. The topological polar surface area (TPSA) is 101 Å². The number of benzene rings is 1. The Kier molecular flexibility index (Phi) is 4.61. The first-order chi connectivity index (χ1) is 14.7. The summed E-state index contributed by atoms with van der Waals surface area (Å²) < 4.78 is 1.66. The molecule has 1 aliphatic rings. The first-order valence-corrected chi connectivity index (χ1v) is 9.85. The fraction of sp³-hybridized carbons (Fsp3) is 0.182. The molecule has 1 aromatic carbocycles. The number of carbonyl (C=O) groups excluding carboxylic acids is 1. The number of nitrogens with one attached hydrogen (secondary N) is 1. The number of carbonyl (C=O) groups is 1. The highest BCUT2D eigenvalue weighted by Gasteiger charge is 2.18. The van der Waals surface area contributed by atoms with Gasteiger partial charge in [-0.25, -0.2) is 9.50 Å². The fourth-order valence-electron chi connectivity index (χ4n) is 3.75. The Bertz CT molecular complexity index is 1210. The third-order valence-corrected chi connectivity index (χ3v) is 5.31. The Morgan fingerprint density at radius 1 is 1.00 bits per heavy atom. The number of fused-ring (bicyclic) bond motifs is 1. The van der Waals surface area contributed by atoms with Gasteiger partial charge in [-0.2, -0.15) is 0 Å². The van der Waals surface area contributed by atoms with E-state index < -0.39 is 0 Å². The molecule has 0 bridgehead atoms. The fourth-order valence-corrected chi connectivity index (χ4v) is 3.75. The molecule has 1 aliphatic heterocycles. The van der Waals surface area contributed by atoms with Crippen LogP contribution in [0.4, 0.5) is 5.82 Å². The second kappa shape index (κ2) is 7.57. The van der Waals surface area contributed by atoms with Gasteiger partial charge in [0.1, 0.15) is 5.82 Å². The SMILES string of the molecule is Nc1cc2ncc(-c3cnccc3-c3ccc(C(=O)N4CCNCC4)cc3)cn2n1. The number of hydrogen-bond acceptors (Lipinski definition) is 6. The van der Waals surface area contributed by atoms with Gasteiger partial charge in [0.15, 0.2) is 5.65 Å². The van der Waals surface area contributed by atoms with E-state index in [0.29, 0.717) is 17.0 Å². The van der Waals surface area contributed by atoms with Crippen LogP contribution in [0.3, 0.4) is 0 Å². The van der Waals surface area contributed by atoms with Crippen LogP contribution in [0.1, 0.15) is 10.4 Å².